The minimum Gasteiger partial charge on any atom is -0.382 e. The van der Waals surface area contributed by atoms with E-state index >= 15 is 0 Å². The van der Waals surface area contributed by atoms with Gasteiger partial charge in [-0.2, -0.15) is 0 Å². The fourth-order valence-corrected chi connectivity index (χ4v) is 1.68. The minimum atomic E-state index is 0.591. The lowest BCUT2D eigenvalue weighted by Gasteiger charge is -2.12. The molecule has 0 saturated heterocycles. The van der Waals surface area contributed by atoms with E-state index in [2.05, 4.69) is 25.4 Å². The summed E-state index contributed by atoms with van der Waals surface area (Å²) in [6, 6.07) is 7.87. The molecule has 0 bridgehead atoms. The lowest BCUT2D eigenvalue weighted by molar-refractivity contribution is 0.425. The van der Waals surface area contributed by atoms with E-state index in [1.807, 2.05) is 56.2 Å². The van der Waals surface area contributed by atoms with Crippen molar-refractivity contribution in [3.63, 3.8) is 0 Å². The van der Waals surface area contributed by atoms with E-state index in [4.69, 9.17) is 0 Å². The highest BCUT2D eigenvalue weighted by atomic mass is 15.3. The van der Waals surface area contributed by atoms with Crippen LogP contribution in [0.2, 0.25) is 0 Å². The molecular weight excluding hydrogens is 252 g/mol. The fraction of sp³-hybridized carbons (Fsp3) is 0.357. The molecule has 1 heterocycles. The largest absolute Gasteiger partial charge is 0.382 e. The van der Waals surface area contributed by atoms with Gasteiger partial charge in [0, 0.05) is 32.5 Å². The van der Waals surface area contributed by atoms with Crippen molar-refractivity contribution in [1.82, 2.24) is 14.5 Å². The number of nitrogens with zero attached hydrogens (tertiary/aromatic N) is 5. The van der Waals surface area contributed by atoms with Gasteiger partial charge in [-0.25, -0.2) is 4.98 Å². The molecule has 0 spiro atoms. The number of nitrogens with one attached hydrogen (secondary N) is 1. The maximum Gasteiger partial charge on any atom is 0.249 e. The van der Waals surface area contributed by atoms with Crippen LogP contribution >= 0.6 is 0 Å². The summed E-state index contributed by atoms with van der Waals surface area (Å²) < 4.78 is 1.82. The van der Waals surface area contributed by atoms with Crippen molar-refractivity contribution in [2.24, 2.45) is 17.3 Å². The maximum atomic E-state index is 4.27. The van der Waals surface area contributed by atoms with E-state index in [1.54, 1.807) is 6.20 Å². The number of anilines is 1. The van der Waals surface area contributed by atoms with Gasteiger partial charge in [0.15, 0.2) is 0 Å². The Balaban J connectivity index is 2.08. The highest BCUT2D eigenvalue weighted by Gasteiger charge is 2.01. The van der Waals surface area contributed by atoms with Crippen LogP contribution < -0.4 is 5.32 Å². The molecule has 0 fully saturated rings. The van der Waals surface area contributed by atoms with Crippen molar-refractivity contribution in [3.05, 3.63) is 36.7 Å². The van der Waals surface area contributed by atoms with E-state index in [-0.39, 0.29) is 0 Å². The number of hydrogen-bond donors (Lipinski definition) is 1. The lowest BCUT2D eigenvalue weighted by Crippen LogP contribution is -2.20. The summed E-state index contributed by atoms with van der Waals surface area (Å²) in [5, 5.41) is 11.8. The van der Waals surface area contributed by atoms with Gasteiger partial charge in [0.1, 0.15) is 5.69 Å². The van der Waals surface area contributed by atoms with Gasteiger partial charge in [-0.3, -0.25) is 0 Å². The summed E-state index contributed by atoms with van der Waals surface area (Å²) in [7, 11) is 5.99. The van der Waals surface area contributed by atoms with E-state index in [0.717, 1.165) is 24.5 Å². The second-order valence-electron chi connectivity index (χ2n) is 4.79. The Morgan fingerprint density at radius 2 is 2.05 bits per heavy atom. The van der Waals surface area contributed by atoms with E-state index in [9.17, 15) is 0 Å². The average Bonchev–Trinajstić information content (AvgIpc) is 2.83. The van der Waals surface area contributed by atoms with Crippen LogP contribution in [0.4, 0.5) is 17.3 Å². The zero-order chi connectivity index (χ0) is 14.4. The molecule has 0 saturated carbocycles. The van der Waals surface area contributed by atoms with Gasteiger partial charge in [0.2, 0.25) is 5.95 Å². The van der Waals surface area contributed by atoms with E-state index < -0.39 is 0 Å². The van der Waals surface area contributed by atoms with Crippen molar-refractivity contribution in [2.75, 3.05) is 32.5 Å². The van der Waals surface area contributed by atoms with Gasteiger partial charge in [-0.15, -0.1) is 10.2 Å². The fourth-order valence-electron chi connectivity index (χ4n) is 1.68. The number of aromatic nitrogens is 2. The van der Waals surface area contributed by atoms with E-state index in [0.29, 0.717) is 5.95 Å². The third kappa shape index (κ3) is 3.89. The monoisotopic (exact) mass is 272 g/mol. The third-order valence-corrected chi connectivity index (χ3v) is 2.82. The highest BCUT2D eigenvalue weighted by Crippen LogP contribution is 2.25. The third-order valence-electron chi connectivity index (χ3n) is 2.82. The number of azo groups is 1. The molecule has 1 aromatic carbocycles. The molecule has 0 unspecified atom stereocenters. The first-order chi connectivity index (χ1) is 9.66. The number of imidazole rings is 1. The topological polar surface area (TPSA) is 57.8 Å². The van der Waals surface area contributed by atoms with Crippen LogP contribution in [0.25, 0.3) is 0 Å². The Hall–Kier alpha value is -2.21. The van der Waals surface area contributed by atoms with Crippen LogP contribution in [-0.2, 0) is 7.05 Å². The smallest absolute Gasteiger partial charge is 0.249 e. The van der Waals surface area contributed by atoms with Crippen LogP contribution in [0.3, 0.4) is 0 Å². The molecule has 6 nitrogen and oxygen atoms in total. The number of rotatable bonds is 6. The molecule has 106 valence electrons. The standard InChI is InChI=1S/C14H20N6/c1-19(2)10-8-15-12-6-4-5-7-13(12)17-18-14-16-9-11-20(14)3/h4-7,9,11,15H,8,10H2,1-3H3. The average molecular weight is 272 g/mol. The molecule has 0 atom stereocenters. The van der Waals surface area contributed by atoms with Gasteiger partial charge >= 0.3 is 0 Å². The van der Waals surface area contributed by atoms with Crippen molar-refractivity contribution in [1.29, 1.82) is 0 Å². The van der Waals surface area contributed by atoms with Crippen molar-refractivity contribution in [2.45, 2.75) is 0 Å². The molecule has 0 radical (unpaired) electrons. The maximum absolute atomic E-state index is 4.27. The first-order valence-corrected chi connectivity index (χ1v) is 6.53. The molecule has 0 amide bonds. The molecule has 6 heteroatoms. The molecule has 20 heavy (non-hydrogen) atoms. The Bertz CT molecular complexity index is 573. The quantitative estimate of drug-likeness (QED) is 0.823. The molecule has 2 aromatic rings. The normalized spacial score (nSPS) is 11.4. The van der Waals surface area contributed by atoms with Gasteiger partial charge in [-0.05, 0) is 26.2 Å². The zero-order valence-electron chi connectivity index (χ0n) is 12.1. The SMILES string of the molecule is CN(C)CCNc1ccccc1N=Nc1nccn1C. The highest BCUT2D eigenvalue weighted by molar-refractivity contribution is 5.64. The van der Waals surface area contributed by atoms with Crippen molar-refractivity contribution >= 4 is 17.3 Å². The van der Waals surface area contributed by atoms with Crippen LogP contribution in [0.5, 0.6) is 0 Å². The minimum absolute atomic E-state index is 0.591. The molecule has 1 N–H and O–H groups in total. The summed E-state index contributed by atoms with van der Waals surface area (Å²) in [6.07, 6.45) is 3.55. The molecule has 0 aliphatic carbocycles. The van der Waals surface area contributed by atoms with Gasteiger partial charge in [0.05, 0.1) is 5.69 Å². The predicted octanol–water partition coefficient (Wildman–Crippen LogP) is 2.81. The Labute approximate surface area is 119 Å². The Morgan fingerprint density at radius 3 is 2.75 bits per heavy atom. The zero-order valence-corrected chi connectivity index (χ0v) is 12.1. The summed E-state index contributed by atoms with van der Waals surface area (Å²) in [5.41, 5.74) is 1.79. The van der Waals surface area contributed by atoms with Gasteiger partial charge in [0.25, 0.3) is 0 Å². The number of benzene rings is 1. The number of hydrogen-bond acceptors (Lipinski definition) is 5. The van der Waals surface area contributed by atoms with Crippen LogP contribution in [0.1, 0.15) is 0 Å². The molecule has 0 aliphatic heterocycles. The first kappa shape index (κ1) is 14.2. The lowest BCUT2D eigenvalue weighted by atomic mass is 10.2. The van der Waals surface area contributed by atoms with Gasteiger partial charge in [-0.1, -0.05) is 12.1 Å². The first-order valence-electron chi connectivity index (χ1n) is 6.53. The summed E-state index contributed by atoms with van der Waals surface area (Å²) in [6.45, 7) is 1.83. The van der Waals surface area contributed by atoms with E-state index in [1.165, 1.54) is 0 Å². The number of likely N-dealkylation sites (N-methyl/N-ethyl adjacent to an activating group) is 1. The van der Waals surface area contributed by atoms with Crippen molar-refractivity contribution < 1.29 is 0 Å². The predicted molar refractivity (Wildman–Crippen MR) is 80.9 cm³/mol. The second-order valence-corrected chi connectivity index (χ2v) is 4.79. The summed E-state index contributed by atoms with van der Waals surface area (Å²) >= 11 is 0. The van der Waals surface area contributed by atoms with Crippen LogP contribution in [-0.4, -0.2) is 41.6 Å². The number of aryl methyl sites for hydroxylation is 1. The van der Waals surface area contributed by atoms with Gasteiger partial charge < -0.3 is 14.8 Å². The summed E-state index contributed by atoms with van der Waals surface area (Å²) in [5.74, 6) is 0.591. The molecule has 1 aromatic heterocycles. The molecule has 2 rings (SSSR count). The van der Waals surface area contributed by atoms with Crippen molar-refractivity contribution in [3.8, 4) is 0 Å². The number of para-hydroxylation sites is 1. The Morgan fingerprint density at radius 1 is 1.25 bits per heavy atom. The van der Waals surface area contributed by atoms with Crippen LogP contribution in [0, 0.1) is 0 Å². The molecular formula is C14H20N6. The summed E-state index contributed by atoms with van der Waals surface area (Å²) in [4.78, 5) is 6.25. The van der Waals surface area contributed by atoms with Crippen LogP contribution in [0.15, 0.2) is 46.9 Å². The Kier molecular flexibility index (Phi) is 4.84. The molecule has 0 aliphatic rings. The second kappa shape index (κ2) is 6.81.